The molecule has 16 heavy (non-hydrogen) atoms. The first-order chi connectivity index (χ1) is 7.68. The van der Waals surface area contributed by atoms with Crippen LogP contribution in [0.1, 0.15) is 24.5 Å². The van der Waals surface area contributed by atoms with Gasteiger partial charge in [0.15, 0.2) is 5.82 Å². The number of hydrogen-bond acceptors (Lipinski definition) is 4. The molecule has 1 saturated carbocycles. The molecule has 2 N–H and O–H groups in total. The summed E-state index contributed by atoms with van der Waals surface area (Å²) in [6, 6.07) is 5.12. The Balaban J connectivity index is 2.38. The lowest BCUT2D eigenvalue weighted by atomic mass is 10.3. The number of anilines is 1. The van der Waals surface area contributed by atoms with E-state index < -0.39 is 4.92 Å². The van der Waals surface area contributed by atoms with Crippen LogP contribution in [0.15, 0.2) is 18.2 Å². The van der Waals surface area contributed by atoms with Gasteiger partial charge in [-0.1, -0.05) is 6.07 Å². The Labute approximate surface area is 90.9 Å². The van der Waals surface area contributed by atoms with E-state index >= 15 is 0 Å². The lowest BCUT2D eigenvalue weighted by molar-refractivity contribution is -0.391. The van der Waals surface area contributed by atoms with Crippen molar-refractivity contribution in [3.63, 3.8) is 0 Å². The summed E-state index contributed by atoms with van der Waals surface area (Å²) in [5.41, 5.74) is 6.87. The molecule has 2 heterocycles. The van der Waals surface area contributed by atoms with Crippen molar-refractivity contribution < 1.29 is 4.92 Å². The molecule has 3 rings (SSSR count). The molecule has 0 aliphatic heterocycles. The zero-order valence-corrected chi connectivity index (χ0v) is 8.46. The minimum atomic E-state index is -0.399. The maximum Gasteiger partial charge on any atom is 0.353 e. The van der Waals surface area contributed by atoms with E-state index in [2.05, 4.69) is 4.98 Å². The molecular formula is C10H10N4O2. The van der Waals surface area contributed by atoms with Gasteiger partial charge in [-0.3, -0.25) is 0 Å². The van der Waals surface area contributed by atoms with Gasteiger partial charge in [0, 0.05) is 18.1 Å². The minimum absolute atomic E-state index is 0.0237. The molecule has 0 amide bonds. The third-order valence-electron chi connectivity index (χ3n) is 2.81. The Bertz CT molecular complexity index is 586. The molecule has 1 aliphatic carbocycles. The molecule has 1 aliphatic rings. The molecule has 0 saturated heterocycles. The fourth-order valence-corrected chi connectivity index (χ4v) is 1.93. The molecule has 0 radical (unpaired) electrons. The first-order valence-corrected chi connectivity index (χ1v) is 5.09. The highest BCUT2D eigenvalue weighted by Crippen LogP contribution is 2.44. The smallest absolute Gasteiger partial charge is 0.353 e. The van der Waals surface area contributed by atoms with Gasteiger partial charge in [-0.15, -0.1) is 0 Å². The zero-order valence-electron chi connectivity index (χ0n) is 8.46. The summed E-state index contributed by atoms with van der Waals surface area (Å²) in [5, 5.41) is 11.1. The Morgan fingerprint density at radius 1 is 1.50 bits per heavy atom. The standard InChI is InChI=1S/C10H10N4O2/c11-7-2-1-3-8-12-9(6-4-5-6)10(13(7)8)14(15)16/h1-3,6H,4-5,11H2. The lowest BCUT2D eigenvalue weighted by Gasteiger charge is -1.97. The van der Waals surface area contributed by atoms with Gasteiger partial charge in [0.25, 0.3) is 0 Å². The van der Waals surface area contributed by atoms with Crippen molar-refractivity contribution in [3.05, 3.63) is 34.0 Å². The van der Waals surface area contributed by atoms with Crippen molar-refractivity contribution in [2.24, 2.45) is 0 Å². The third kappa shape index (κ3) is 1.16. The number of pyridine rings is 1. The number of fused-ring (bicyclic) bond motifs is 1. The number of nitrogens with two attached hydrogens (primary N) is 1. The minimum Gasteiger partial charge on any atom is -0.366 e. The van der Waals surface area contributed by atoms with Crippen LogP contribution in [0.25, 0.3) is 5.65 Å². The number of nitro groups is 1. The molecule has 2 aromatic heterocycles. The molecule has 1 fully saturated rings. The van der Waals surface area contributed by atoms with Crippen LogP contribution in [0.5, 0.6) is 0 Å². The highest BCUT2D eigenvalue weighted by molar-refractivity contribution is 5.57. The van der Waals surface area contributed by atoms with Gasteiger partial charge in [0.1, 0.15) is 5.69 Å². The molecular weight excluding hydrogens is 208 g/mol. The third-order valence-corrected chi connectivity index (χ3v) is 2.81. The van der Waals surface area contributed by atoms with Crippen molar-refractivity contribution in [1.82, 2.24) is 9.38 Å². The number of imidazole rings is 1. The number of nitrogen functional groups attached to an aromatic ring is 1. The van der Waals surface area contributed by atoms with Gasteiger partial charge < -0.3 is 15.8 Å². The van der Waals surface area contributed by atoms with Crippen LogP contribution in [0, 0.1) is 10.1 Å². The van der Waals surface area contributed by atoms with E-state index in [1.807, 2.05) is 0 Å². The van der Waals surface area contributed by atoms with E-state index in [-0.39, 0.29) is 11.7 Å². The largest absolute Gasteiger partial charge is 0.366 e. The molecule has 0 bridgehead atoms. The van der Waals surface area contributed by atoms with Crippen LogP contribution in [-0.4, -0.2) is 14.3 Å². The van der Waals surface area contributed by atoms with Crippen LogP contribution in [0.4, 0.5) is 11.6 Å². The SMILES string of the molecule is Nc1cccc2nc(C3CC3)c([N+](=O)[O-])n12. The number of aromatic nitrogens is 2. The van der Waals surface area contributed by atoms with E-state index in [0.717, 1.165) is 12.8 Å². The van der Waals surface area contributed by atoms with Crippen LogP contribution in [-0.2, 0) is 0 Å². The van der Waals surface area contributed by atoms with E-state index in [1.165, 1.54) is 4.40 Å². The number of nitrogens with zero attached hydrogens (tertiary/aromatic N) is 3. The second-order valence-corrected chi connectivity index (χ2v) is 4.00. The summed E-state index contributed by atoms with van der Waals surface area (Å²) in [5.74, 6) is 0.610. The van der Waals surface area contributed by atoms with E-state index in [9.17, 15) is 10.1 Å². The van der Waals surface area contributed by atoms with Gasteiger partial charge in [-0.05, 0) is 17.8 Å². The second-order valence-electron chi connectivity index (χ2n) is 4.00. The highest BCUT2D eigenvalue weighted by Gasteiger charge is 2.36. The molecule has 0 atom stereocenters. The quantitative estimate of drug-likeness (QED) is 0.614. The van der Waals surface area contributed by atoms with E-state index in [0.29, 0.717) is 17.2 Å². The maximum atomic E-state index is 11.1. The summed E-state index contributed by atoms with van der Waals surface area (Å²) < 4.78 is 1.41. The molecule has 0 unspecified atom stereocenters. The summed E-state index contributed by atoms with van der Waals surface area (Å²) in [6.45, 7) is 0. The summed E-state index contributed by atoms with van der Waals surface area (Å²) in [4.78, 5) is 15.0. The predicted molar refractivity (Wildman–Crippen MR) is 58.2 cm³/mol. The maximum absolute atomic E-state index is 11.1. The summed E-state index contributed by atoms with van der Waals surface area (Å²) >= 11 is 0. The van der Waals surface area contributed by atoms with Gasteiger partial charge in [0.05, 0.1) is 0 Å². The average molecular weight is 218 g/mol. The van der Waals surface area contributed by atoms with E-state index in [1.54, 1.807) is 18.2 Å². The van der Waals surface area contributed by atoms with Crippen molar-refractivity contribution >= 4 is 17.3 Å². The molecule has 0 spiro atoms. The Hall–Kier alpha value is -2.11. The average Bonchev–Trinajstić information content (AvgIpc) is 2.99. The topological polar surface area (TPSA) is 86.5 Å². The monoisotopic (exact) mass is 218 g/mol. The molecule has 6 heteroatoms. The lowest BCUT2D eigenvalue weighted by Crippen LogP contribution is -2.01. The molecule has 82 valence electrons. The first kappa shape index (κ1) is 9.14. The van der Waals surface area contributed by atoms with Crippen LogP contribution < -0.4 is 5.73 Å². The molecule has 6 nitrogen and oxygen atoms in total. The Morgan fingerprint density at radius 3 is 2.88 bits per heavy atom. The fourth-order valence-electron chi connectivity index (χ4n) is 1.93. The van der Waals surface area contributed by atoms with Gasteiger partial charge in [-0.2, -0.15) is 4.40 Å². The zero-order chi connectivity index (χ0) is 11.3. The Kier molecular flexibility index (Phi) is 1.68. The number of rotatable bonds is 2. The van der Waals surface area contributed by atoms with Gasteiger partial charge in [-0.25, -0.2) is 4.98 Å². The van der Waals surface area contributed by atoms with Crippen molar-refractivity contribution in [1.29, 1.82) is 0 Å². The normalized spacial score (nSPS) is 15.5. The predicted octanol–water partition coefficient (Wildman–Crippen LogP) is 1.70. The Morgan fingerprint density at radius 2 is 2.25 bits per heavy atom. The number of hydrogen-bond donors (Lipinski definition) is 1. The van der Waals surface area contributed by atoms with Crippen LogP contribution >= 0.6 is 0 Å². The van der Waals surface area contributed by atoms with Crippen molar-refractivity contribution in [2.75, 3.05) is 5.73 Å². The first-order valence-electron chi connectivity index (χ1n) is 5.09. The molecule has 0 aromatic carbocycles. The summed E-state index contributed by atoms with van der Waals surface area (Å²) in [6.07, 6.45) is 1.95. The van der Waals surface area contributed by atoms with Crippen LogP contribution in [0.3, 0.4) is 0 Å². The second kappa shape index (κ2) is 2.94. The summed E-state index contributed by atoms with van der Waals surface area (Å²) in [7, 11) is 0. The van der Waals surface area contributed by atoms with Gasteiger partial charge in [0.2, 0.25) is 5.65 Å². The molecule has 2 aromatic rings. The fraction of sp³-hybridized carbons (Fsp3) is 0.300. The van der Waals surface area contributed by atoms with Crippen molar-refractivity contribution in [2.45, 2.75) is 18.8 Å². The van der Waals surface area contributed by atoms with Crippen LogP contribution in [0.2, 0.25) is 0 Å². The van der Waals surface area contributed by atoms with Crippen molar-refractivity contribution in [3.8, 4) is 0 Å². The highest BCUT2D eigenvalue weighted by atomic mass is 16.6. The van der Waals surface area contributed by atoms with Gasteiger partial charge >= 0.3 is 5.82 Å². The van der Waals surface area contributed by atoms with E-state index in [4.69, 9.17) is 5.73 Å².